The summed E-state index contributed by atoms with van der Waals surface area (Å²) in [4.78, 5) is 57.4. The first kappa shape index (κ1) is 38.1. The highest BCUT2D eigenvalue weighted by atomic mass is 16.5. The van der Waals surface area contributed by atoms with Crippen LogP contribution < -0.4 is 36.9 Å². The van der Waals surface area contributed by atoms with Crippen LogP contribution in [0, 0.1) is 0 Å². The minimum Gasteiger partial charge on any atom is -0.496 e. The number of aliphatic imine (C=N–C) groups is 1. The van der Waals surface area contributed by atoms with Crippen molar-refractivity contribution >= 4 is 51.2 Å². The minimum atomic E-state index is -1.12. The molecule has 1 aliphatic rings. The van der Waals surface area contributed by atoms with E-state index in [9.17, 15) is 19.2 Å². The molecule has 3 amide bonds. The van der Waals surface area contributed by atoms with Gasteiger partial charge in [0.1, 0.15) is 29.6 Å². The van der Waals surface area contributed by atoms with E-state index < -0.39 is 41.8 Å². The fourth-order valence-corrected chi connectivity index (χ4v) is 6.83. The summed E-state index contributed by atoms with van der Waals surface area (Å²) >= 11 is 0. The molecule has 0 aliphatic carbocycles. The number of esters is 1. The average Bonchev–Trinajstić information content (AvgIpc) is 3.14. The third-order valence-electron chi connectivity index (χ3n) is 9.19. The molecule has 0 radical (unpaired) electrons. The smallest absolute Gasteiger partial charge is 0.328 e. The third kappa shape index (κ3) is 8.86. The van der Waals surface area contributed by atoms with Gasteiger partial charge in [0.25, 0.3) is 0 Å². The van der Waals surface area contributed by atoms with Gasteiger partial charge in [-0.05, 0) is 70.5 Å². The predicted molar refractivity (Wildman–Crippen MR) is 205 cm³/mol. The number of hydrogen-bond acceptors (Lipinski definition) is 8. The van der Waals surface area contributed by atoms with Gasteiger partial charge in [-0.15, -0.1) is 0 Å². The predicted octanol–water partition coefficient (Wildman–Crippen LogP) is 3.42. The first-order valence-electron chi connectivity index (χ1n) is 17.4. The highest BCUT2D eigenvalue weighted by Crippen LogP contribution is 2.48. The zero-order valence-electron chi connectivity index (χ0n) is 30.4. The summed E-state index contributed by atoms with van der Waals surface area (Å²) in [6.07, 6.45) is 4.76. The molecule has 3 atom stereocenters. The van der Waals surface area contributed by atoms with E-state index in [1.165, 1.54) is 14.0 Å². The quantitative estimate of drug-likeness (QED) is 0.0595. The number of fused-ring (bicyclic) bond motifs is 9. The zero-order valence-corrected chi connectivity index (χ0v) is 30.4. The monoisotopic (exact) mass is 722 g/mol. The van der Waals surface area contributed by atoms with Gasteiger partial charge in [0.15, 0.2) is 5.96 Å². The molecular weight excluding hydrogens is 676 g/mol. The van der Waals surface area contributed by atoms with E-state index in [4.69, 9.17) is 25.7 Å². The van der Waals surface area contributed by atoms with Gasteiger partial charge in [0.05, 0.1) is 21.3 Å². The maximum atomic E-state index is 14.2. The van der Waals surface area contributed by atoms with Crippen LogP contribution in [0.4, 0.5) is 0 Å². The molecule has 5 rings (SSSR count). The van der Waals surface area contributed by atoms with Crippen LogP contribution in [0.1, 0.15) is 37.3 Å². The van der Waals surface area contributed by atoms with Gasteiger partial charge in [0, 0.05) is 31.0 Å². The van der Waals surface area contributed by atoms with Crippen LogP contribution in [0.3, 0.4) is 0 Å². The fraction of sp³-hybridized carbons (Fsp3) is 0.325. The van der Waals surface area contributed by atoms with Gasteiger partial charge in [-0.1, -0.05) is 60.7 Å². The maximum absolute atomic E-state index is 14.2. The second kappa shape index (κ2) is 17.4. The average molecular weight is 723 g/mol. The molecule has 7 N–H and O–H groups in total. The summed E-state index contributed by atoms with van der Waals surface area (Å²) in [6, 6.07) is 16.6. The number of carbonyl (C=O) groups excluding carboxylic acids is 4. The van der Waals surface area contributed by atoms with Crippen molar-refractivity contribution in [2.75, 3.05) is 27.9 Å². The van der Waals surface area contributed by atoms with Gasteiger partial charge in [-0.25, -0.2) is 4.79 Å². The van der Waals surface area contributed by atoms with E-state index in [-0.39, 0.29) is 31.8 Å². The Morgan fingerprint density at radius 1 is 0.849 bits per heavy atom. The normalized spacial score (nSPS) is 18.5. The van der Waals surface area contributed by atoms with Crippen molar-refractivity contribution in [1.29, 1.82) is 0 Å². The number of nitrogens with one attached hydrogen (secondary N) is 3. The number of guanidine groups is 1. The van der Waals surface area contributed by atoms with Crippen LogP contribution >= 0.6 is 0 Å². The number of nitrogens with two attached hydrogens (primary N) is 2. The Balaban J connectivity index is 1.75. The van der Waals surface area contributed by atoms with Crippen molar-refractivity contribution in [2.24, 2.45) is 16.5 Å². The molecule has 13 nitrogen and oxygen atoms in total. The van der Waals surface area contributed by atoms with Crippen molar-refractivity contribution in [1.82, 2.24) is 16.0 Å². The highest BCUT2D eigenvalue weighted by molar-refractivity contribution is 6.11. The second-order valence-corrected chi connectivity index (χ2v) is 12.8. The summed E-state index contributed by atoms with van der Waals surface area (Å²) in [5.74, 6) is -1.28. The molecule has 4 aromatic carbocycles. The molecule has 4 aromatic rings. The minimum absolute atomic E-state index is 0.0161. The fourth-order valence-electron chi connectivity index (χ4n) is 6.83. The van der Waals surface area contributed by atoms with Crippen LogP contribution in [0.25, 0.3) is 32.7 Å². The summed E-state index contributed by atoms with van der Waals surface area (Å²) < 4.78 is 17.4. The van der Waals surface area contributed by atoms with E-state index in [2.05, 4.69) is 27.0 Å². The van der Waals surface area contributed by atoms with E-state index in [0.29, 0.717) is 29.9 Å². The lowest BCUT2D eigenvalue weighted by Gasteiger charge is -2.26. The number of amides is 3. The Labute approximate surface area is 308 Å². The summed E-state index contributed by atoms with van der Waals surface area (Å²) in [5.41, 5.74) is 14.1. The van der Waals surface area contributed by atoms with Crippen LogP contribution in [0.15, 0.2) is 77.8 Å². The molecule has 278 valence electrons. The maximum Gasteiger partial charge on any atom is 0.328 e. The van der Waals surface area contributed by atoms with Crippen molar-refractivity contribution < 1.29 is 33.4 Å². The largest absolute Gasteiger partial charge is 0.496 e. The Morgan fingerprint density at radius 3 is 2.04 bits per heavy atom. The molecule has 0 spiro atoms. The topological polar surface area (TPSA) is 196 Å². The summed E-state index contributed by atoms with van der Waals surface area (Å²) in [5, 5.41) is 12.0. The number of nitrogens with zero attached hydrogens (tertiary/aromatic N) is 1. The number of hydrogen-bond donors (Lipinski definition) is 5. The number of ether oxygens (including phenoxy) is 3. The Morgan fingerprint density at radius 2 is 1.45 bits per heavy atom. The molecule has 53 heavy (non-hydrogen) atoms. The van der Waals surface area contributed by atoms with Crippen molar-refractivity contribution in [3.05, 3.63) is 83.9 Å². The summed E-state index contributed by atoms with van der Waals surface area (Å²) in [7, 11) is 4.44. The molecule has 0 saturated heterocycles. The number of allylic oxidation sites excluding steroid dienone is 1. The molecule has 0 aromatic heterocycles. The lowest BCUT2D eigenvalue weighted by Crippen LogP contribution is -2.56. The van der Waals surface area contributed by atoms with E-state index in [1.807, 2.05) is 60.7 Å². The zero-order chi connectivity index (χ0) is 38.1. The van der Waals surface area contributed by atoms with E-state index in [1.54, 1.807) is 20.3 Å². The molecule has 0 saturated carbocycles. The molecule has 4 bridgehead atoms. The number of carbonyl (C=O) groups is 4. The summed E-state index contributed by atoms with van der Waals surface area (Å²) in [6.45, 7) is 1.52. The first-order valence-corrected chi connectivity index (χ1v) is 17.4. The molecule has 1 aliphatic heterocycles. The van der Waals surface area contributed by atoms with E-state index >= 15 is 0 Å². The van der Waals surface area contributed by atoms with Crippen LogP contribution in [-0.2, 0) is 36.8 Å². The number of methoxy groups -OCH3 is 3. The van der Waals surface area contributed by atoms with E-state index in [0.717, 1.165) is 38.2 Å². The molecule has 1 heterocycles. The van der Waals surface area contributed by atoms with Gasteiger partial charge in [0.2, 0.25) is 17.7 Å². The second-order valence-electron chi connectivity index (χ2n) is 12.8. The van der Waals surface area contributed by atoms with Crippen LogP contribution in [-0.4, -0.2) is 75.7 Å². The Hall–Kier alpha value is -6.11. The van der Waals surface area contributed by atoms with Gasteiger partial charge < -0.3 is 41.6 Å². The lowest BCUT2D eigenvalue weighted by molar-refractivity contribution is -0.145. The molecule has 1 unspecified atom stereocenters. The standard InChI is InChI=1S/C40H46N6O7/c1-23(47)44-32-22-27-21-25-13-6-9-16-29(25)34(36(27)52-3)33-28-15-8-5-12-24(28)20-26(35(33)51-2)14-7-10-17-31(39(50)53-4)46-37(48)30(45-38(32)49)18-11-19-43-40(41)42/h5-10,12-13,15-16,20-21,30-32H,11,14,17-19,22H2,1-4H3,(H,44,47)(H,45,49)(H,46,48)(H4,41,42,43)/b10-7-/t30-,31+,32?/m1/s1. The number of benzene rings is 4. The third-order valence-corrected chi connectivity index (χ3v) is 9.19. The number of rotatable bonds is 8. The first-order chi connectivity index (χ1) is 25.6. The van der Waals surface area contributed by atoms with Crippen molar-refractivity contribution in [3.8, 4) is 22.6 Å². The van der Waals surface area contributed by atoms with Crippen LogP contribution in [0.2, 0.25) is 0 Å². The van der Waals surface area contributed by atoms with Crippen molar-refractivity contribution in [3.63, 3.8) is 0 Å². The molecular formula is C40H46N6O7. The lowest BCUT2D eigenvalue weighted by atomic mass is 9.87. The highest BCUT2D eigenvalue weighted by Gasteiger charge is 2.31. The van der Waals surface area contributed by atoms with Gasteiger partial charge in [-0.3, -0.25) is 19.4 Å². The van der Waals surface area contributed by atoms with Crippen LogP contribution in [0.5, 0.6) is 11.5 Å². The Kier molecular flexibility index (Phi) is 12.5. The molecule has 13 heteroatoms. The molecule has 0 fully saturated rings. The van der Waals surface area contributed by atoms with Crippen molar-refractivity contribution in [2.45, 2.75) is 57.2 Å². The van der Waals surface area contributed by atoms with Gasteiger partial charge >= 0.3 is 5.97 Å². The SMILES string of the molecule is COC(=O)[C@@H]1C/C=C\Cc2cc3ccccc3c(c2OC)-c2c(OC)c(cc3ccccc23)CC(NC(C)=O)C(=O)N[C@H](CCCN=C(N)N)C(=O)N1. The Bertz CT molecular complexity index is 2070. The van der Waals surface area contributed by atoms with Gasteiger partial charge in [-0.2, -0.15) is 0 Å².